The molecule has 1 aliphatic carbocycles. The van der Waals surface area contributed by atoms with E-state index in [1.165, 1.54) is 43.4 Å². The van der Waals surface area contributed by atoms with Gasteiger partial charge in [-0.05, 0) is 37.8 Å². The van der Waals surface area contributed by atoms with Crippen LogP contribution in [0.3, 0.4) is 0 Å². The van der Waals surface area contributed by atoms with Gasteiger partial charge in [0, 0.05) is 12.8 Å². The van der Waals surface area contributed by atoms with Crippen LogP contribution in [0.5, 0.6) is 0 Å². The zero-order chi connectivity index (χ0) is 14.2. The van der Waals surface area contributed by atoms with Crippen molar-refractivity contribution >= 4 is 5.69 Å². The van der Waals surface area contributed by atoms with Crippen LogP contribution in [0.2, 0.25) is 0 Å². The molecule has 1 aromatic carbocycles. The fourth-order valence-corrected chi connectivity index (χ4v) is 2.95. The van der Waals surface area contributed by atoms with Crippen molar-refractivity contribution in [3.63, 3.8) is 0 Å². The Kier molecular flexibility index (Phi) is 6.34. The summed E-state index contributed by atoms with van der Waals surface area (Å²) in [5.41, 5.74) is 2.48. The summed E-state index contributed by atoms with van der Waals surface area (Å²) in [7, 11) is 1.67. The van der Waals surface area contributed by atoms with Gasteiger partial charge in [-0.1, -0.05) is 37.0 Å². The Hall–Kier alpha value is -1.06. The molecule has 0 spiro atoms. The standard InChI is InChI=1S/C17H27NO2/c1-14-8-10-16(11-9-14)18-17(12-20-13-19-2)15-6-4-3-5-7-15/h8-11,15,17-18H,3-7,12-13H2,1-2H3. The highest BCUT2D eigenvalue weighted by molar-refractivity contribution is 5.45. The Morgan fingerprint density at radius 3 is 2.50 bits per heavy atom. The molecule has 1 saturated carbocycles. The Morgan fingerprint density at radius 2 is 1.85 bits per heavy atom. The molecule has 1 N–H and O–H groups in total. The van der Waals surface area contributed by atoms with E-state index in [0.717, 1.165) is 0 Å². The molecule has 0 saturated heterocycles. The first-order chi connectivity index (χ1) is 9.79. The molecule has 1 unspecified atom stereocenters. The van der Waals surface area contributed by atoms with Gasteiger partial charge in [-0.15, -0.1) is 0 Å². The number of ether oxygens (including phenoxy) is 2. The number of benzene rings is 1. The van der Waals surface area contributed by atoms with Gasteiger partial charge in [0.1, 0.15) is 6.79 Å². The molecule has 3 nitrogen and oxygen atoms in total. The molecule has 3 heteroatoms. The quantitative estimate of drug-likeness (QED) is 0.604. The molecule has 2 rings (SSSR count). The minimum absolute atomic E-state index is 0.374. The van der Waals surface area contributed by atoms with Crippen molar-refractivity contribution in [3.8, 4) is 0 Å². The smallest absolute Gasteiger partial charge is 0.146 e. The first-order valence-electron chi connectivity index (χ1n) is 7.69. The lowest BCUT2D eigenvalue weighted by Gasteiger charge is -2.31. The molecule has 0 radical (unpaired) electrons. The van der Waals surface area contributed by atoms with E-state index in [1.807, 2.05) is 0 Å². The molecule has 112 valence electrons. The second kappa shape index (κ2) is 8.28. The SMILES string of the molecule is COCOCC(Nc1ccc(C)cc1)C1CCCCC1. The maximum absolute atomic E-state index is 5.61. The zero-order valence-corrected chi connectivity index (χ0v) is 12.7. The van der Waals surface area contributed by atoms with Gasteiger partial charge in [-0.25, -0.2) is 0 Å². The predicted octanol–water partition coefficient (Wildman–Crippen LogP) is 3.98. The molecule has 1 fully saturated rings. The van der Waals surface area contributed by atoms with Crippen molar-refractivity contribution in [3.05, 3.63) is 29.8 Å². The van der Waals surface area contributed by atoms with Gasteiger partial charge < -0.3 is 14.8 Å². The third kappa shape index (κ3) is 4.80. The summed E-state index contributed by atoms with van der Waals surface area (Å²) in [4.78, 5) is 0. The number of anilines is 1. The third-order valence-corrected chi connectivity index (χ3v) is 4.12. The average molecular weight is 277 g/mol. The van der Waals surface area contributed by atoms with Crippen LogP contribution >= 0.6 is 0 Å². The minimum atomic E-state index is 0.374. The van der Waals surface area contributed by atoms with Gasteiger partial charge in [0.2, 0.25) is 0 Å². The summed E-state index contributed by atoms with van der Waals surface area (Å²) >= 11 is 0. The molecular formula is C17H27NO2. The van der Waals surface area contributed by atoms with Crippen molar-refractivity contribution < 1.29 is 9.47 Å². The van der Waals surface area contributed by atoms with E-state index in [1.54, 1.807) is 7.11 Å². The van der Waals surface area contributed by atoms with E-state index < -0.39 is 0 Å². The molecule has 1 aliphatic rings. The highest BCUT2D eigenvalue weighted by Crippen LogP contribution is 2.28. The summed E-state index contributed by atoms with van der Waals surface area (Å²) in [6.45, 7) is 3.20. The van der Waals surface area contributed by atoms with E-state index in [-0.39, 0.29) is 0 Å². The second-order valence-electron chi connectivity index (χ2n) is 5.79. The van der Waals surface area contributed by atoms with E-state index in [4.69, 9.17) is 9.47 Å². The zero-order valence-electron chi connectivity index (χ0n) is 12.7. The molecule has 20 heavy (non-hydrogen) atoms. The van der Waals surface area contributed by atoms with Gasteiger partial charge in [-0.3, -0.25) is 0 Å². The lowest BCUT2D eigenvalue weighted by Crippen LogP contribution is -2.35. The van der Waals surface area contributed by atoms with Gasteiger partial charge in [0.15, 0.2) is 0 Å². The molecule has 0 amide bonds. The Morgan fingerprint density at radius 1 is 1.15 bits per heavy atom. The Labute approximate surface area is 122 Å². The summed E-state index contributed by atoms with van der Waals surface area (Å²) in [5, 5.41) is 3.65. The minimum Gasteiger partial charge on any atom is -0.380 e. The number of methoxy groups -OCH3 is 1. The Bertz CT molecular complexity index is 371. The van der Waals surface area contributed by atoms with Crippen molar-refractivity contribution in [2.45, 2.75) is 45.1 Å². The first-order valence-corrected chi connectivity index (χ1v) is 7.69. The van der Waals surface area contributed by atoms with Crippen LogP contribution in [0, 0.1) is 12.8 Å². The summed E-state index contributed by atoms with van der Waals surface area (Å²) in [6, 6.07) is 8.99. The van der Waals surface area contributed by atoms with Gasteiger partial charge in [-0.2, -0.15) is 0 Å². The summed E-state index contributed by atoms with van der Waals surface area (Å²) in [6.07, 6.45) is 6.69. The van der Waals surface area contributed by atoms with Crippen LogP contribution in [0.25, 0.3) is 0 Å². The molecule has 1 aromatic rings. The van der Waals surface area contributed by atoms with E-state index in [0.29, 0.717) is 25.4 Å². The molecule has 0 aliphatic heterocycles. The number of hydrogen-bond acceptors (Lipinski definition) is 3. The molecule has 0 bridgehead atoms. The largest absolute Gasteiger partial charge is 0.380 e. The van der Waals surface area contributed by atoms with Crippen molar-refractivity contribution in [1.29, 1.82) is 0 Å². The van der Waals surface area contributed by atoms with Gasteiger partial charge in [0.05, 0.1) is 12.6 Å². The summed E-state index contributed by atoms with van der Waals surface area (Å²) in [5.74, 6) is 0.710. The first kappa shape index (κ1) is 15.3. The topological polar surface area (TPSA) is 30.5 Å². The highest BCUT2D eigenvalue weighted by Gasteiger charge is 2.23. The fraction of sp³-hybridized carbons (Fsp3) is 0.647. The van der Waals surface area contributed by atoms with E-state index in [9.17, 15) is 0 Å². The monoisotopic (exact) mass is 277 g/mol. The number of aryl methyl sites for hydroxylation is 1. The third-order valence-electron chi connectivity index (χ3n) is 4.12. The molecule has 0 aromatic heterocycles. The van der Waals surface area contributed by atoms with E-state index >= 15 is 0 Å². The number of nitrogens with one attached hydrogen (secondary N) is 1. The highest BCUT2D eigenvalue weighted by atomic mass is 16.7. The predicted molar refractivity (Wildman–Crippen MR) is 83.0 cm³/mol. The van der Waals surface area contributed by atoms with Crippen LogP contribution in [-0.4, -0.2) is 26.6 Å². The van der Waals surface area contributed by atoms with Crippen molar-refractivity contribution in [1.82, 2.24) is 0 Å². The van der Waals surface area contributed by atoms with Crippen LogP contribution in [0.4, 0.5) is 5.69 Å². The molecule has 1 atom stereocenters. The van der Waals surface area contributed by atoms with Crippen LogP contribution in [0.15, 0.2) is 24.3 Å². The normalized spacial score (nSPS) is 17.9. The van der Waals surface area contributed by atoms with E-state index in [2.05, 4.69) is 36.5 Å². The van der Waals surface area contributed by atoms with Crippen molar-refractivity contribution in [2.24, 2.45) is 5.92 Å². The molecule has 0 heterocycles. The van der Waals surface area contributed by atoms with Crippen LogP contribution in [0.1, 0.15) is 37.7 Å². The lowest BCUT2D eigenvalue weighted by molar-refractivity contribution is -0.0386. The second-order valence-corrected chi connectivity index (χ2v) is 5.79. The Balaban J connectivity index is 1.95. The maximum Gasteiger partial charge on any atom is 0.146 e. The van der Waals surface area contributed by atoms with Crippen LogP contribution < -0.4 is 5.32 Å². The van der Waals surface area contributed by atoms with Crippen LogP contribution in [-0.2, 0) is 9.47 Å². The number of hydrogen-bond donors (Lipinski definition) is 1. The number of rotatable bonds is 7. The lowest BCUT2D eigenvalue weighted by atomic mass is 9.84. The summed E-state index contributed by atoms with van der Waals surface area (Å²) < 4.78 is 10.6. The molecular weight excluding hydrogens is 250 g/mol. The average Bonchev–Trinajstić information content (AvgIpc) is 2.49. The van der Waals surface area contributed by atoms with Crippen molar-refractivity contribution in [2.75, 3.05) is 25.8 Å². The maximum atomic E-state index is 5.61. The van der Waals surface area contributed by atoms with Gasteiger partial charge >= 0.3 is 0 Å². The fourth-order valence-electron chi connectivity index (χ4n) is 2.95. The van der Waals surface area contributed by atoms with Gasteiger partial charge in [0.25, 0.3) is 0 Å².